The van der Waals surface area contributed by atoms with Crippen LogP contribution in [0.4, 0.5) is 11.4 Å². The van der Waals surface area contributed by atoms with E-state index in [1.165, 1.54) is 11.8 Å². The van der Waals surface area contributed by atoms with Crippen LogP contribution in [0.5, 0.6) is 5.75 Å². The van der Waals surface area contributed by atoms with Gasteiger partial charge in [0.25, 0.3) is 11.8 Å². The summed E-state index contributed by atoms with van der Waals surface area (Å²) in [7, 11) is 0. The molecular weight excluding hydrogens is 392 g/mol. The van der Waals surface area contributed by atoms with E-state index in [1.54, 1.807) is 23.1 Å². The van der Waals surface area contributed by atoms with Gasteiger partial charge in [0.1, 0.15) is 5.75 Å². The summed E-state index contributed by atoms with van der Waals surface area (Å²) in [6.45, 7) is 6.96. The van der Waals surface area contributed by atoms with E-state index in [2.05, 4.69) is 26.1 Å². The number of nitrogens with one attached hydrogen (secondary N) is 1. The summed E-state index contributed by atoms with van der Waals surface area (Å²) in [5.41, 5.74) is 3.82. The van der Waals surface area contributed by atoms with Gasteiger partial charge in [-0.05, 0) is 65.4 Å². The van der Waals surface area contributed by atoms with E-state index >= 15 is 0 Å². The fourth-order valence-corrected chi connectivity index (χ4v) is 3.62. The lowest BCUT2D eigenvalue weighted by Crippen LogP contribution is -2.28. The van der Waals surface area contributed by atoms with Crippen LogP contribution >= 0.6 is 0 Å². The Labute approximate surface area is 181 Å². The number of fused-ring (bicyclic) bond motifs is 1. The molecule has 0 atom stereocenters. The molecule has 2 heterocycles. The number of hydrogen-bond acceptors (Lipinski definition) is 4. The minimum absolute atomic E-state index is 0.0711. The third kappa shape index (κ3) is 4.63. The number of furan rings is 1. The van der Waals surface area contributed by atoms with E-state index in [0.717, 1.165) is 17.7 Å². The van der Waals surface area contributed by atoms with E-state index in [0.29, 0.717) is 23.7 Å². The van der Waals surface area contributed by atoms with Crippen molar-refractivity contribution < 1.29 is 18.7 Å². The minimum Gasteiger partial charge on any atom is -0.484 e. The number of ether oxygens (including phenoxy) is 1. The second-order valence-electron chi connectivity index (χ2n) is 8.64. The number of nitrogens with zero attached hydrogens (tertiary/aromatic N) is 1. The molecule has 2 amide bonds. The van der Waals surface area contributed by atoms with Gasteiger partial charge in [-0.15, -0.1) is 0 Å². The van der Waals surface area contributed by atoms with Gasteiger partial charge in [-0.1, -0.05) is 32.9 Å². The first-order chi connectivity index (χ1) is 14.8. The van der Waals surface area contributed by atoms with E-state index in [9.17, 15) is 9.59 Å². The van der Waals surface area contributed by atoms with Crippen LogP contribution in [0.3, 0.4) is 0 Å². The molecule has 0 fully saturated rings. The molecule has 0 bridgehead atoms. The Morgan fingerprint density at radius 1 is 1.10 bits per heavy atom. The lowest BCUT2D eigenvalue weighted by molar-refractivity contribution is -0.118. The molecule has 3 aromatic rings. The molecule has 1 aliphatic rings. The first-order valence-corrected chi connectivity index (χ1v) is 10.3. The maximum atomic E-state index is 12.6. The van der Waals surface area contributed by atoms with Crippen molar-refractivity contribution in [2.45, 2.75) is 32.6 Å². The van der Waals surface area contributed by atoms with Crippen molar-refractivity contribution >= 4 is 23.2 Å². The first-order valence-electron chi connectivity index (χ1n) is 10.3. The van der Waals surface area contributed by atoms with Crippen LogP contribution in [-0.2, 0) is 16.6 Å². The number of hydrogen-bond donors (Lipinski definition) is 1. The van der Waals surface area contributed by atoms with Crippen LogP contribution in [0.2, 0.25) is 0 Å². The molecule has 0 unspecified atom stereocenters. The Morgan fingerprint density at radius 2 is 1.87 bits per heavy atom. The molecule has 0 radical (unpaired) electrons. The molecule has 6 nitrogen and oxygen atoms in total. The fourth-order valence-electron chi connectivity index (χ4n) is 3.62. The zero-order chi connectivity index (χ0) is 22.0. The van der Waals surface area contributed by atoms with E-state index < -0.39 is 0 Å². The lowest BCUT2D eigenvalue weighted by Gasteiger charge is -2.19. The summed E-state index contributed by atoms with van der Waals surface area (Å²) < 4.78 is 10.8. The lowest BCUT2D eigenvalue weighted by atomic mass is 9.87. The molecule has 0 saturated heterocycles. The Hall–Kier alpha value is -3.54. The van der Waals surface area contributed by atoms with E-state index in [1.807, 2.05) is 36.4 Å². The summed E-state index contributed by atoms with van der Waals surface area (Å²) in [5.74, 6) is 0.579. The van der Waals surface area contributed by atoms with Crippen LogP contribution in [0.1, 0.15) is 42.5 Å². The predicted octanol–water partition coefficient (Wildman–Crippen LogP) is 4.80. The van der Waals surface area contributed by atoms with Gasteiger partial charge in [-0.25, -0.2) is 0 Å². The second-order valence-corrected chi connectivity index (χ2v) is 8.64. The average molecular weight is 418 g/mol. The summed E-state index contributed by atoms with van der Waals surface area (Å²) in [5, 5.41) is 2.86. The van der Waals surface area contributed by atoms with Crippen molar-refractivity contribution in [2.75, 3.05) is 23.4 Å². The Balaban J connectivity index is 1.35. The van der Waals surface area contributed by atoms with Gasteiger partial charge in [0.05, 0.1) is 6.26 Å². The van der Waals surface area contributed by atoms with Gasteiger partial charge < -0.3 is 19.4 Å². The van der Waals surface area contributed by atoms with Gasteiger partial charge in [-0.3, -0.25) is 9.59 Å². The highest BCUT2D eigenvalue weighted by molar-refractivity contribution is 6.05. The second kappa shape index (κ2) is 8.30. The molecule has 4 rings (SSSR count). The van der Waals surface area contributed by atoms with Crippen molar-refractivity contribution in [3.63, 3.8) is 0 Å². The van der Waals surface area contributed by atoms with Gasteiger partial charge >= 0.3 is 0 Å². The van der Waals surface area contributed by atoms with Crippen molar-refractivity contribution in [1.82, 2.24) is 0 Å². The zero-order valence-electron chi connectivity index (χ0n) is 18.0. The number of benzene rings is 2. The van der Waals surface area contributed by atoms with Crippen molar-refractivity contribution in [3.8, 4) is 5.75 Å². The molecule has 0 spiro atoms. The molecule has 0 saturated carbocycles. The van der Waals surface area contributed by atoms with Gasteiger partial charge in [0.2, 0.25) is 0 Å². The fraction of sp³-hybridized carbons (Fsp3) is 0.280. The molecule has 0 aliphatic carbocycles. The van der Waals surface area contributed by atoms with Crippen LogP contribution < -0.4 is 15.0 Å². The highest BCUT2D eigenvalue weighted by Gasteiger charge is 2.27. The van der Waals surface area contributed by atoms with Crippen molar-refractivity contribution in [1.29, 1.82) is 0 Å². The number of anilines is 2. The number of amides is 2. The smallest absolute Gasteiger partial charge is 0.293 e. The van der Waals surface area contributed by atoms with Crippen LogP contribution in [-0.4, -0.2) is 25.0 Å². The highest BCUT2D eigenvalue weighted by Crippen LogP contribution is 2.31. The molecule has 1 aromatic heterocycles. The third-order valence-electron chi connectivity index (χ3n) is 5.33. The van der Waals surface area contributed by atoms with Crippen LogP contribution in [0.15, 0.2) is 65.3 Å². The van der Waals surface area contributed by atoms with Crippen LogP contribution in [0.25, 0.3) is 0 Å². The SMILES string of the molecule is CC(C)(C)c1ccc(OCC(=O)Nc2ccc3c(c2)CCN3C(=O)c2ccco2)cc1. The normalized spacial score (nSPS) is 13.1. The molecule has 6 heteroatoms. The number of rotatable bonds is 5. The first kappa shape index (κ1) is 20.7. The average Bonchev–Trinajstić information content (AvgIpc) is 3.41. The standard InChI is InChI=1S/C25H26N2O4/c1-25(2,3)18-6-9-20(10-7-18)31-16-23(28)26-19-8-11-21-17(15-19)12-13-27(21)24(29)22-5-4-14-30-22/h4-11,14-15H,12-13,16H2,1-3H3,(H,26,28). The van der Waals surface area contributed by atoms with E-state index in [4.69, 9.17) is 9.15 Å². The Morgan fingerprint density at radius 3 is 2.55 bits per heavy atom. The minimum atomic E-state index is -0.235. The summed E-state index contributed by atoms with van der Waals surface area (Å²) in [6, 6.07) is 16.7. The van der Waals surface area contributed by atoms with Crippen LogP contribution in [0, 0.1) is 0 Å². The topological polar surface area (TPSA) is 71.8 Å². The van der Waals surface area contributed by atoms with Crippen molar-refractivity contribution in [3.05, 3.63) is 77.7 Å². The van der Waals surface area contributed by atoms with E-state index in [-0.39, 0.29) is 23.8 Å². The molecule has 1 aliphatic heterocycles. The maximum Gasteiger partial charge on any atom is 0.293 e. The molecule has 160 valence electrons. The Bertz CT molecular complexity index is 1080. The molecule has 1 N–H and O–H groups in total. The molecule has 31 heavy (non-hydrogen) atoms. The quantitative estimate of drug-likeness (QED) is 0.646. The monoisotopic (exact) mass is 418 g/mol. The number of carbonyl (C=O) groups excluding carboxylic acids is 2. The predicted molar refractivity (Wildman–Crippen MR) is 120 cm³/mol. The maximum absolute atomic E-state index is 12.6. The molecular formula is C25H26N2O4. The van der Waals surface area contributed by atoms with Gasteiger partial charge in [0, 0.05) is 17.9 Å². The summed E-state index contributed by atoms with van der Waals surface area (Å²) in [6.07, 6.45) is 2.21. The van der Waals surface area contributed by atoms with Crippen molar-refractivity contribution in [2.24, 2.45) is 0 Å². The van der Waals surface area contributed by atoms with Gasteiger partial charge in [-0.2, -0.15) is 0 Å². The number of carbonyl (C=O) groups is 2. The largest absolute Gasteiger partial charge is 0.484 e. The summed E-state index contributed by atoms with van der Waals surface area (Å²) >= 11 is 0. The summed E-state index contributed by atoms with van der Waals surface area (Å²) in [4.78, 5) is 26.6. The highest BCUT2D eigenvalue weighted by atomic mass is 16.5. The Kier molecular flexibility index (Phi) is 5.55. The van der Waals surface area contributed by atoms with Gasteiger partial charge in [0.15, 0.2) is 12.4 Å². The zero-order valence-corrected chi connectivity index (χ0v) is 18.0. The third-order valence-corrected chi connectivity index (χ3v) is 5.33. The molecule has 2 aromatic carbocycles.